The van der Waals surface area contributed by atoms with Crippen LogP contribution in [0.3, 0.4) is 0 Å². The second-order valence-corrected chi connectivity index (χ2v) is 8.02. The number of benzene rings is 1. The van der Waals surface area contributed by atoms with Gasteiger partial charge in [-0.05, 0) is 51.0 Å². The number of carbonyl (C=O) groups is 1. The molecule has 2 heterocycles. The van der Waals surface area contributed by atoms with Crippen molar-refractivity contribution < 1.29 is 9.18 Å². The number of Topliss-reactive ketones (excluding diaryl/α,β-unsaturated/α-hetero) is 1. The fourth-order valence-corrected chi connectivity index (χ4v) is 3.92. The molecule has 2 aromatic heterocycles. The molecule has 0 radical (unpaired) electrons. The number of nitriles is 1. The van der Waals surface area contributed by atoms with Crippen LogP contribution in [0.2, 0.25) is 5.02 Å². The Morgan fingerprint density at radius 2 is 1.97 bits per heavy atom. The smallest absolute Gasteiger partial charge is 0.318 e. The second kappa shape index (κ2) is 7.67. The van der Waals surface area contributed by atoms with Gasteiger partial charge in [0.05, 0.1) is 11.6 Å². The van der Waals surface area contributed by atoms with Gasteiger partial charge in [-0.15, -0.1) is 0 Å². The topological polar surface area (TPSA) is 89.8 Å². The van der Waals surface area contributed by atoms with Crippen molar-refractivity contribution in [1.29, 1.82) is 5.26 Å². The summed E-state index contributed by atoms with van der Waals surface area (Å²) in [6.45, 7) is 3.02. The lowest BCUT2D eigenvalue weighted by molar-refractivity contribution is 0.0967. The van der Waals surface area contributed by atoms with Gasteiger partial charge < -0.3 is 4.57 Å². The Bertz CT molecular complexity index is 1390. The highest BCUT2D eigenvalue weighted by molar-refractivity contribution is 6.30. The van der Waals surface area contributed by atoms with Crippen LogP contribution in [-0.2, 0) is 6.54 Å². The number of hydrogen-bond donors (Lipinski definition) is 0. The molecule has 1 aliphatic carbocycles. The molecule has 0 aliphatic heterocycles. The highest BCUT2D eigenvalue weighted by Gasteiger charge is 2.28. The summed E-state index contributed by atoms with van der Waals surface area (Å²) < 4.78 is 17.5. The predicted molar refractivity (Wildman–Crippen MR) is 112 cm³/mol. The van der Waals surface area contributed by atoms with Crippen molar-refractivity contribution in [3.8, 4) is 11.8 Å². The monoisotopic (exact) mass is 440 g/mol. The summed E-state index contributed by atoms with van der Waals surface area (Å²) in [6, 6.07) is 7.65. The molecule has 158 valence electrons. The Balaban J connectivity index is 1.75. The number of aryl methyl sites for hydroxylation is 1. The summed E-state index contributed by atoms with van der Waals surface area (Å²) in [5.74, 6) is -0.989. The van der Waals surface area contributed by atoms with E-state index in [1.165, 1.54) is 22.9 Å². The van der Waals surface area contributed by atoms with Crippen molar-refractivity contribution >= 4 is 17.4 Å². The second-order valence-electron chi connectivity index (χ2n) is 7.61. The van der Waals surface area contributed by atoms with Crippen molar-refractivity contribution in [3.63, 3.8) is 0 Å². The Hall–Kier alpha value is -3.44. The van der Waals surface area contributed by atoms with Gasteiger partial charge in [0.2, 0.25) is 0 Å². The molecule has 4 rings (SSSR count). The SMILES string of the molecule is Cc1cc(C(=O)Cn2c(=O)c(C#N)cn(C3CC3)c2=O)c(C)n1-c1ccc(F)c(Cl)c1. The zero-order valence-corrected chi connectivity index (χ0v) is 17.6. The van der Waals surface area contributed by atoms with E-state index in [1.54, 1.807) is 36.6 Å². The number of ketones is 1. The summed E-state index contributed by atoms with van der Waals surface area (Å²) in [7, 11) is 0. The number of nitrogens with zero attached hydrogens (tertiary/aromatic N) is 4. The summed E-state index contributed by atoms with van der Waals surface area (Å²) in [5.41, 5.74) is 0.626. The van der Waals surface area contributed by atoms with Crippen LogP contribution < -0.4 is 11.2 Å². The summed E-state index contributed by atoms with van der Waals surface area (Å²) >= 11 is 5.90. The van der Waals surface area contributed by atoms with Crippen LogP contribution in [0, 0.1) is 31.0 Å². The first-order valence-electron chi connectivity index (χ1n) is 9.66. The van der Waals surface area contributed by atoms with Gasteiger partial charge in [-0.3, -0.25) is 18.7 Å². The number of halogens is 2. The normalized spacial score (nSPS) is 13.3. The molecule has 1 fully saturated rings. The maximum atomic E-state index is 13.5. The van der Waals surface area contributed by atoms with Gasteiger partial charge in [-0.2, -0.15) is 5.26 Å². The summed E-state index contributed by atoms with van der Waals surface area (Å²) in [6.07, 6.45) is 2.85. The molecular formula is C22H18ClFN4O3. The molecule has 0 N–H and O–H groups in total. The molecule has 1 aliphatic rings. The maximum Gasteiger partial charge on any atom is 0.331 e. The summed E-state index contributed by atoms with van der Waals surface area (Å²) in [4.78, 5) is 38.4. The fraction of sp³-hybridized carbons (Fsp3) is 0.273. The van der Waals surface area contributed by atoms with Gasteiger partial charge in [0.25, 0.3) is 5.56 Å². The zero-order chi connectivity index (χ0) is 22.4. The minimum absolute atomic E-state index is 0.0432. The molecule has 0 unspecified atom stereocenters. The van der Waals surface area contributed by atoms with Crippen molar-refractivity contribution in [2.75, 3.05) is 0 Å². The first-order valence-corrected chi connectivity index (χ1v) is 10.0. The van der Waals surface area contributed by atoms with E-state index in [9.17, 15) is 24.0 Å². The van der Waals surface area contributed by atoms with Crippen molar-refractivity contribution in [2.24, 2.45) is 0 Å². The molecule has 31 heavy (non-hydrogen) atoms. The van der Waals surface area contributed by atoms with E-state index >= 15 is 0 Å². The average molecular weight is 441 g/mol. The highest BCUT2D eigenvalue weighted by atomic mass is 35.5. The Labute approximate surface area is 181 Å². The third-order valence-electron chi connectivity index (χ3n) is 5.45. The molecule has 9 heteroatoms. The van der Waals surface area contributed by atoms with E-state index < -0.39 is 29.4 Å². The molecule has 0 bridgehead atoms. The molecule has 0 amide bonds. The van der Waals surface area contributed by atoms with Crippen molar-refractivity contribution in [3.05, 3.63) is 84.7 Å². The molecule has 0 saturated heterocycles. The van der Waals surface area contributed by atoms with E-state index in [0.29, 0.717) is 22.6 Å². The predicted octanol–water partition coefficient (Wildman–Crippen LogP) is 3.30. The van der Waals surface area contributed by atoms with E-state index in [1.807, 2.05) is 0 Å². The first kappa shape index (κ1) is 20.8. The molecule has 1 saturated carbocycles. The van der Waals surface area contributed by atoms with E-state index in [-0.39, 0.29) is 16.6 Å². The van der Waals surface area contributed by atoms with Crippen LogP contribution >= 0.6 is 11.6 Å². The lowest BCUT2D eigenvalue weighted by atomic mass is 10.1. The van der Waals surface area contributed by atoms with E-state index in [0.717, 1.165) is 17.4 Å². The molecule has 0 atom stereocenters. The van der Waals surface area contributed by atoms with E-state index in [2.05, 4.69) is 0 Å². The third-order valence-corrected chi connectivity index (χ3v) is 5.74. The van der Waals surface area contributed by atoms with Crippen molar-refractivity contribution in [1.82, 2.24) is 13.7 Å². The Kier molecular flexibility index (Phi) is 5.15. The number of aromatic nitrogens is 3. The number of rotatable bonds is 5. The Morgan fingerprint density at radius 3 is 2.58 bits per heavy atom. The van der Waals surface area contributed by atoms with Gasteiger partial charge >= 0.3 is 5.69 Å². The number of hydrogen-bond acceptors (Lipinski definition) is 4. The lowest BCUT2D eigenvalue weighted by Crippen LogP contribution is -2.42. The largest absolute Gasteiger partial charge is 0.331 e. The van der Waals surface area contributed by atoms with Gasteiger partial charge in [-0.25, -0.2) is 9.18 Å². The molecule has 1 aromatic carbocycles. The third kappa shape index (κ3) is 3.62. The number of carbonyl (C=O) groups excluding carboxylic acids is 1. The van der Waals surface area contributed by atoms with Gasteiger partial charge in [0.1, 0.15) is 17.4 Å². The van der Waals surface area contributed by atoms with Gasteiger partial charge in [0, 0.05) is 34.9 Å². The minimum Gasteiger partial charge on any atom is -0.318 e. The van der Waals surface area contributed by atoms with Gasteiger partial charge in [-0.1, -0.05) is 11.6 Å². The molecular weight excluding hydrogens is 423 g/mol. The maximum absolute atomic E-state index is 13.5. The van der Waals surface area contributed by atoms with Crippen LogP contribution in [0.1, 0.15) is 46.2 Å². The van der Waals surface area contributed by atoms with Gasteiger partial charge in [0.15, 0.2) is 5.78 Å². The van der Waals surface area contributed by atoms with Crippen LogP contribution in [-0.4, -0.2) is 19.5 Å². The standard InChI is InChI=1S/C22H18ClFN4O3/c1-12-7-17(13(2)28(12)16-5-6-19(24)18(23)8-16)20(29)11-27-21(30)14(9-25)10-26(22(27)31)15-3-4-15/h5-8,10,15H,3-4,11H2,1-2H3. The Morgan fingerprint density at radius 1 is 1.26 bits per heavy atom. The average Bonchev–Trinajstić information content (AvgIpc) is 3.52. The first-order chi connectivity index (χ1) is 14.7. The molecule has 7 nitrogen and oxygen atoms in total. The molecule has 0 spiro atoms. The fourth-order valence-electron chi connectivity index (χ4n) is 3.75. The highest BCUT2D eigenvalue weighted by Crippen LogP contribution is 2.33. The van der Waals surface area contributed by atoms with Crippen LogP contribution in [0.4, 0.5) is 4.39 Å². The lowest BCUT2D eigenvalue weighted by Gasteiger charge is -2.11. The quantitative estimate of drug-likeness (QED) is 0.569. The zero-order valence-electron chi connectivity index (χ0n) is 16.9. The molecule has 3 aromatic rings. The minimum atomic E-state index is -0.781. The van der Waals surface area contributed by atoms with Crippen LogP contribution in [0.5, 0.6) is 0 Å². The van der Waals surface area contributed by atoms with Crippen molar-refractivity contribution in [2.45, 2.75) is 39.3 Å². The summed E-state index contributed by atoms with van der Waals surface area (Å²) in [5, 5.41) is 9.22. The van der Waals surface area contributed by atoms with E-state index in [4.69, 9.17) is 11.6 Å². The van der Waals surface area contributed by atoms with Crippen LogP contribution in [0.15, 0.2) is 40.1 Å². The van der Waals surface area contributed by atoms with Crippen LogP contribution in [0.25, 0.3) is 5.69 Å².